The third-order valence-corrected chi connectivity index (χ3v) is 12.7. The topological polar surface area (TPSA) is 109 Å². The number of ether oxygens (including phenoxy) is 2. The maximum absolute atomic E-state index is 12.7. The van der Waals surface area contributed by atoms with E-state index in [4.69, 9.17) is 20.1 Å². The first-order valence-corrected chi connectivity index (χ1v) is 17.6. The van der Waals surface area contributed by atoms with Gasteiger partial charge in [0, 0.05) is 6.42 Å². The van der Waals surface area contributed by atoms with Crippen LogP contribution >= 0.6 is 0 Å². The normalized spacial score (nSPS) is 33.7. The van der Waals surface area contributed by atoms with E-state index in [1.54, 1.807) is 24.3 Å². The molecule has 1 aromatic rings. The molecule has 3 unspecified atom stereocenters. The minimum atomic E-state index is -0.466. The largest absolute Gasteiger partial charge is 0.462 e. The van der Waals surface area contributed by atoms with Gasteiger partial charge in [0.25, 0.3) is 0 Å². The van der Waals surface area contributed by atoms with Crippen LogP contribution in [0.15, 0.2) is 41.0 Å². The molecule has 0 aromatic heterocycles. The Kier molecular flexibility index (Phi) is 10.3. The Hall–Kier alpha value is -2.54. The highest BCUT2D eigenvalue weighted by Gasteiger charge is 2.61. The second kappa shape index (κ2) is 13.7. The van der Waals surface area contributed by atoms with Crippen LogP contribution in [0.2, 0.25) is 0 Å². The number of allylic oxidation sites excluding steroid dienone is 1. The lowest BCUT2D eigenvalue weighted by Gasteiger charge is -2.59. The summed E-state index contributed by atoms with van der Waals surface area (Å²) >= 11 is 0. The summed E-state index contributed by atoms with van der Waals surface area (Å²) in [5.41, 5.74) is 10.6. The molecule has 4 aliphatic carbocycles. The van der Waals surface area contributed by atoms with Gasteiger partial charge in [0.1, 0.15) is 11.9 Å². The molecule has 0 bridgehead atoms. The van der Waals surface area contributed by atoms with Gasteiger partial charge in [-0.2, -0.15) is 5.11 Å². The van der Waals surface area contributed by atoms with E-state index in [2.05, 4.69) is 45.8 Å². The van der Waals surface area contributed by atoms with Crippen LogP contribution in [0, 0.1) is 46.0 Å². The maximum Gasteiger partial charge on any atom is 0.311 e. The first-order valence-electron chi connectivity index (χ1n) is 17.6. The van der Waals surface area contributed by atoms with Crippen LogP contribution in [0.1, 0.15) is 124 Å². The predicted octanol–water partition coefficient (Wildman–Crippen LogP) is 8.97. The molecule has 3 saturated carbocycles. The first kappa shape index (κ1) is 33.8. The lowest BCUT2D eigenvalue weighted by Crippen LogP contribution is -2.52. The number of benzene rings is 1. The molecule has 4 aliphatic rings. The highest BCUT2D eigenvalue weighted by Crippen LogP contribution is 2.68. The lowest BCUT2D eigenvalue weighted by molar-refractivity contribution is -0.153. The number of nitrogens with zero attached hydrogens (tertiary/aromatic N) is 1. The minimum Gasteiger partial charge on any atom is -0.462 e. The average Bonchev–Trinajstić information content (AvgIpc) is 3.38. The van der Waals surface area contributed by atoms with Crippen LogP contribution in [0.25, 0.3) is 0 Å². The predicted molar refractivity (Wildman–Crippen MR) is 175 cm³/mol. The molecular weight excluding hydrogens is 564 g/mol. The summed E-state index contributed by atoms with van der Waals surface area (Å²) in [6.45, 7) is 11.8. The fourth-order valence-electron chi connectivity index (χ4n) is 10.2. The van der Waals surface area contributed by atoms with Crippen molar-refractivity contribution in [3.8, 4) is 5.75 Å². The molecule has 7 nitrogen and oxygen atoms in total. The second-order valence-corrected chi connectivity index (χ2v) is 15.8. The highest BCUT2D eigenvalue weighted by atomic mass is 16.5. The van der Waals surface area contributed by atoms with Crippen molar-refractivity contribution >= 4 is 11.9 Å². The van der Waals surface area contributed by atoms with Crippen LogP contribution in [-0.2, 0) is 20.9 Å². The van der Waals surface area contributed by atoms with E-state index in [-0.39, 0.29) is 47.9 Å². The zero-order chi connectivity index (χ0) is 32.4. The fraction of sp³-hybridized carbons (Fsp3) is 0.737. The van der Waals surface area contributed by atoms with E-state index >= 15 is 0 Å². The maximum atomic E-state index is 12.7. The van der Waals surface area contributed by atoms with E-state index in [1.165, 1.54) is 37.7 Å². The van der Waals surface area contributed by atoms with Crippen LogP contribution < -0.4 is 4.74 Å². The number of nitrogens with one attached hydrogen (secondary N) is 1. The molecule has 0 heterocycles. The van der Waals surface area contributed by atoms with Gasteiger partial charge >= 0.3 is 11.9 Å². The number of esters is 2. The Balaban J connectivity index is 1.16. The van der Waals surface area contributed by atoms with E-state index in [0.29, 0.717) is 35.3 Å². The SMILES string of the molecule is CC(C)CCC[C@](C)(N=N)C1CCC2[C@@H]3CC=C4C[C@@H](OC(=O)CCC(=O)Oc5ccc(CO)cc5)CC[C@]4(C)C3CC[C@@]21C. The molecule has 2 N–H and O–H groups in total. The summed E-state index contributed by atoms with van der Waals surface area (Å²) in [5, 5.41) is 13.5. The number of hydrogen-bond acceptors (Lipinski definition) is 7. The fourth-order valence-corrected chi connectivity index (χ4v) is 10.2. The van der Waals surface area contributed by atoms with E-state index < -0.39 is 5.97 Å². The number of aliphatic hydroxyl groups excluding tert-OH is 1. The number of carbonyl (C=O) groups is 2. The summed E-state index contributed by atoms with van der Waals surface area (Å²) in [7, 11) is 0. The van der Waals surface area contributed by atoms with Crippen molar-refractivity contribution in [3.63, 3.8) is 0 Å². The molecule has 0 saturated heterocycles. The van der Waals surface area contributed by atoms with Gasteiger partial charge in [-0.25, -0.2) is 5.53 Å². The molecule has 248 valence electrons. The first-order chi connectivity index (χ1) is 21.4. The number of carbonyl (C=O) groups excluding carboxylic acids is 2. The van der Waals surface area contributed by atoms with Crippen molar-refractivity contribution in [2.75, 3.05) is 0 Å². The molecule has 0 radical (unpaired) electrons. The summed E-state index contributed by atoms with van der Waals surface area (Å²) in [4.78, 5) is 25.0. The molecule has 0 amide bonds. The standard InChI is InChI=1S/C38H56N2O5/c1-25(2)7-6-20-38(5,40-39)33-15-14-31-30-13-10-27-23-29(18-21-36(27,3)32(30)19-22-37(31,33)4)45-35(43)17-16-34(42)44-28-11-8-26(24-41)9-12-28/h8-12,25,29-33,39,41H,6-7,13-24H2,1-5H3/t29-,30-,31?,32?,33?,36-,37-,38-/m0/s1. The molecule has 8 atom stereocenters. The number of rotatable bonds is 12. The van der Waals surface area contributed by atoms with Crippen molar-refractivity contribution in [1.29, 1.82) is 5.53 Å². The zero-order valence-corrected chi connectivity index (χ0v) is 28.3. The molecule has 1 aromatic carbocycles. The van der Waals surface area contributed by atoms with Gasteiger partial charge in [0.05, 0.1) is 25.0 Å². The van der Waals surface area contributed by atoms with Crippen molar-refractivity contribution in [2.45, 2.75) is 136 Å². The van der Waals surface area contributed by atoms with Crippen LogP contribution in [0.5, 0.6) is 5.75 Å². The minimum absolute atomic E-state index is 0.00744. The van der Waals surface area contributed by atoms with Crippen molar-refractivity contribution in [2.24, 2.45) is 45.5 Å². The highest BCUT2D eigenvalue weighted by molar-refractivity contribution is 5.79. The van der Waals surface area contributed by atoms with E-state index in [9.17, 15) is 9.59 Å². The van der Waals surface area contributed by atoms with Crippen molar-refractivity contribution in [1.82, 2.24) is 0 Å². The van der Waals surface area contributed by atoms with E-state index in [1.807, 2.05) is 0 Å². The number of hydrogen-bond donors (Lipinski definition) is 2. The summed E-state index contributed by atoms with van der Waals surface area (Å²) < 4.78 is 11.2. The summed E-state index contributed by atoms with van der Waals surface area (Å²) in [5.74, 6) is 2.79. The van der Waals surface area contributed by atoms with Gasteiger partial charge in [-0.1, -0.05) is 64.3 Å². The van der Waals surface area contributed by atoms with Crippen LogP contribution in [0.4, 0.5) is 0 Å². The van der Waals surface area contributed by atoms with Gasteiger partial charge in [0.2, 0.25) is 0 Å². The Labute approximate surface area is 270 Å². The Morgan fingerprint density at radius 3 is 2.47 bits per heavy atom. The van der Waals surface area contributed by atoms with Crippen LogP contribution in [-0.4, -0.2) is 28.7 Å². The molecular formula is C38H56N2O5. The lowest BCUT2D eigenvalue weighted by atomic mass is 9.46. The molecule has 0 spiro atoms. The smallest absolute Gasteiger partial charge is 0.311 e. The van der Waals surface area contributed by atoms with Crippen molar-refractivity contribution in [3.05, 3.63) is 41.5 Å². The summed E-state index contributed by atoms with van der Waals surface area (Å²) in [6, 6.07) is 6.68. The Morgan fingerprint density at radius 1 is 1.04 bits per heavy atom. The molecule has 5 rings (SSSR count). The molecule has 3 fully saturated rings. The number of fused-ring (bicyclic) bond motifs is 5. The molecule has 7 heteroatoms. The number of aliphatic hydroxyl groups is 1. The Bertz CT molecular complexity index is 1260. The van der Waals surface area contributed by atoms with Gasteiger partial charge in [-0.15, -0.1) is 0 Å². The van der Waals surface area contributed by atoms with Crippen LogP contribution in [0.3, 0.4) is 0 Å². The molecule has 0 aliphatic heterocycles. The molecule has 45 heavy (non-hydrogen) atoms. The third kappa shape index (κ3) is 6.94. The average molecular weight is 621 g/mol. The van der Waals surface area contributed by atoms with E-state index in [0.717, 1.165) is 44.1 Å². The zero-order valence-electron chi connectivity index (χ0n) is 28.3. The quantitative estimate of drug-likeness (QED) is 0.105. The van der Waals surface area contributed by atoms with Gasteiger partial charge in [0.15, 0.2) is 0 Å². The Morgan fingerprint density at radius 2 is 1.78 bits per heavy atom. The summed E-state index contributed by atoms with van der Waals surface area (Å²) in [6.07, 6.45) is 14.4. The van der Waals surface area contributed by atoms with Crippen molar-refractivity contribution < 1.29 is 24.2 Å². The monoisotopic (exact) mass is 620 g/mol. The third-order valence-electron chi connectivity index (χ3n) is 12.7. The van der Waals surface area contributed by atoms with Gasteiger partial charge in [-0.3, -0.25) is 9.59 Å². The second-order valence-electron chi connectivity index (χ2n) is 15.8. The van der Waals surface area contributed by atoms with Gasteiger partial charge in [-0.05, 0) is 116 Å². The van der Waals surface area contributed by atoms with Gasteiger partial charge < -0.3 is 14.6 Å².